The number of methoxy groups -OCH3 is 2. The van der Waals surface area contributed by atoms with E-state index in [4.69, 9.17) is 14.2 Å². The van der Waals surface area contributed by atoms with Crippen LogP contribution in [0.4, 0.5) is 0 Å². The molecule has 1 aromatic carbocycles. The highest BCUT2D eigenvalue weighted by Gasteiger charge is 2.22. The topological polar surface area (TPSA) is 81.2 Å². The van der Waals surface area contributed by atoms with Gasteiger partial charge in [0.25, 0.3) is 0 Å². The molecule has 0 N–H and O–H groups in total. The number of thiazole rings is 1. The zero-order valence-corrected chi connectivity index (χ0v) is 21.2. The predicted octanol–water partition coefficient (Wildman–Crippen LogP) is 3.01. The second kappa shape index (κ2) is 12.2. The average molecular weight is 494 g/mol. The molecule has 0 bridgehead atoms. The Hall–Kier alpha value is -2.30. The molecule has 8 nitrogen and oxygen atoms in total. The third kappa shape index (κ3) is 7.09. The van der Waals surface area contributed by atoms with Gasteiger partial charge in [0, 0.05) is 38.1 Å². The van der Waals surface area contributed by atoms with Gasteiger partial charge in [-0.15, -0.1) is 11.3 Å². The third-order valence-electron chi connectivity index (χ3n) is 5.44. The van der Waals surface area contributed by atoms with Crippen molar-refractivity contribution in [3.05, 3.63) is 34.3 Å². The van der Waals surface area contributed by atoms with E-state index in [-0.39, 0.29) is 18.3 Å². The molecule has 10 heteroatoms. The van der Waals surface area contributed by atoms with E-state index in [0.717, 1.165) is 41.0 Å². The fourth-order valence-electron chi connectivity index (χ4n) is 3.60. The standard InChI is InChI=1S/C23H31N3O5S2/c1-5-31-22(28)12-18-14-32-23(24-18)33-15-21(27)26-8-6-25(7-9-26)13-17-11-20(30-4)19(29-3)10-16(17)2/h10-11,14H,5-9,12-13,15H2,1-4H3. The quantitative estimate of drug-likeness (QED) is 0.369. The van der Waals surface area contributed by atoms with Crippen molar-refractivity contribution >= 4 is 35.0 Å². The summed E-state index contributed by atoms with van der Waals surface area (Å²) in [7, 11) is 3.29. The first-order chi connectivity index (χ1) is 15.9. The van der Waals surface area contributed by atoms with Crippen molar-refractivity contribution in [2.75, 3.05) is 52.8 Å². The summed E-state index contributed by atoms with van der Waals surface area (Å²) in [4.78, 5) is 32.9. The summed E-state index contributed by atoms with van der Waals surface area (Å²) >= 11 is 2.87. The Morgan fingerprint density at radius 3 is 2.48 bits per heavy atom. The van der Waals surface area contributed by atoms with Gasteiger partial charge in [0.2, 0.25) is 5.91 Å². The van der Waals surface area contributed by atoms with Gasteiger partial charge in [0.1, 0.15) is 0 Å². The number of hydrogen-bond acceptors (Lipinski definition) is 9. The summed E-state index contributed by atoms with van der Waals surface area (Å²) in [5.74, 6) is 1.65. The van der Waals surface area contributed by atoms with Crippen molar-refractivity contribution in [2.45, 2.75) is 31.2 Å². The van der Waals surface area contributed by atoms with Crippen molar-refractivity contribution < 1.29 is 23.8 Å². The Morgan fingerprint density at radius 2 is 1.82 bits per heavy atom. The molecule has 0 atom stereocenters. The molecular formula is C23H31N3O5S2. The van der Waals surface area contributed by atoms with Crippen LogP contribution >= 0.6 is 23.1 Å². The molecule has 1 fully saturated rings. The lowest BCUT2D eigenvalue weighted by molar-refractivity contribution is -0.142. The number of benzene rings is 1. The molecular weight excluding hydrogens is 462 g/mol. The summed E-state index contributed by atoms with van der Waals surface area (Å²) in [5, 5.41) is 1.85. The predicted molar refractivity (Wildman–Crippen MR) is 129 cm³/mol. The monoisotopic (exact) mass is 493 g/mol. The summed E-state index contributed by atoms with van der Waals surface area (Å²) in [6.45, 7) is 8.09. The van der Waals surface area contributed by atoms with Crippen LogP contribution in [0.5, 0.6) is 11.5 Å². The number of nitrogens with zero attached hydrogens (tertiary/aromatic N) is 3. The number of thioether (sulfide) groups is 1. The molecule has 0 aliphatic carbocycles. The van der Waals surface area contributed by atoms with Crippen LogP contribution < -0.4 is 9.47 Å². The number of carbonyl (C=O) groups excluding carboxylic acids is 2. The average Bonchev–Trinajstić information content (AvgIpc) is 3.26. The number of ether oxygens (including phenoxy) is 3. The molecule has 1 aliphatic rings. The summed E-state index contributed by atoms with van der Waals surface area (Å²) in [5.41, 5.74) is 3.05. The van der Waals surface area contributed by atoms with E-state index in [1.807, 2.05) is 22.4 Å². The third-order valence-corrected chi connectivity index (χ3v) is 7.50. The minimum absolute atomic E-state index is 0.115. The molecule has 0 spiro atoms. The van der Waals surface area contributed by atoms with E-state index in [9.17, 15) is 9.59 Å². The van der Waals surface area contributed by atoms with Crippen LogP contribution in [0.25, 0.3) is 0 Å². The number of aryl methyl sites for hydroxylation is 1. The van der Waals surface area contributed by atoms with Crippen LogP contribution in [0.2, 0.25) is 0 Å². The number of rotatable bonds is 10. The van der Waals surface area contributed by atoms with Gasteiger partial charge in [-0.1, -0.05) is 11.8 Å². The van der Waals surface area contributed by atoms with E-state index >= 15 is 0 Å². The molecule has 1 aromatic heterocycles. The number of amides is 1. The second-order valence-electron chi connectivity index (χ2n) is 7.67. The fourth-order valence-corrected chi connectivity index (χ4v) is 5.35. The summed E-state index contributed by atoms with van der Waals surface area (Å²) in [6, 6.07) is 4.04. The first-order valence-electron chi connectivity index (χ1n) is 10.9. The lowest BCUT2D eigenvalue weighted by Gasteiger charge is -2.35. The highest BCUT2D eigenvalue weighted by molar-refractivity contribution is 8.01. The smallest absolute Gasteiger partial charge is 0.311 e. The minimum Gasteiger partial charge on any atom is -0.493 e. The molecule has 0 unspecified atom stereocenters. The van der Waals surface area contributed by atoms with Gasteiger partial charge < -0.3 is 19.1 Å². The molecule has 1 saturated heterocycles. The summed E-state index contributed by atoms with van der Waals surface area (Å²) in [6.07, 6.45) is 0.167. The second-order valence-corrected chi connectivity index (χ2v) is 9.75. The van der Waals surface area contributed by atoms with Crippen LogP contribution in [0.1, 0.15) is 23.7 Å². The molecule has 180 valence electrons. The number of carbonyl (C=O) groups is 2. The Balaban J connectivity index is 1.45. The van der Waals surface area contributed by atoms with Gasteiger partial charge in [0.15, 0.2) is 15.8 Å². The number of hydrogen-bond donors (Lipinski definition) is 0. The van der Waals surface area contributed by atoms with Gasteiger partial charge in [-0.2, -0.15) is 0 Å². The van der Waals surface area contributed by atoms with Gasteiger partial charge in [-0.05, 0) is 37.1 Å². The van der Waals surface area contributed by atoms with Gasteiger partial charge >= 0.3 is 5.97 Å². The highest BCUT2D eigenvalue weighted by Crippen LogP contribution is 2.31. The molecule has 0 radical (unpaired) electrons. The Morgan fingerprint density at radius 1 is 1.12 bits per heavy atom. The Labute approximate surface area is 203 Å². The highest BCUT2D eigenvalue weighted by atomic mass is 32.2. The van der Waals surface area contributed by atoms with Crippen LogP contribution in [0.3, 0.4) is 0 Å². The normalized spacial score (nSPS) is 14.2. The first kappa shape index (κ1) is 25.3. The molecule has 0 saturated carbocycles. The van der Waals surface area contributed by atoms with Crippen molar-refractivity contribution in [3.8, 4) is 11.5 Å². The number of aromatic nitrogens is 1. The Bertz CT molecular complexity index is 958. The lowest BCUT2D eigenvalue weighted by atomic mass is 10.1. The molecule has 1 aliphatic heterocycles. The van der Waals surface area contributed by atoms with E-state index in [1.165, 1.54) is 28.7 Å². The van der Waals surface area contributed by atoms with Gasteiger partial charge in [-0.3, -0.25) is 14.5 Å². The number of esters is 1. The van der Waals surface area contributed by atoms with E-state index < -0.39 is 0 Å². The largest absolute Gasteiger partial charge is 0.493 e. The zero-order valence-electron chi connectivity index (χ0n) is 19.6. The van der Waals surface area contributed by atoms with E-state index in [0.29, 0.717) is 31.1 Å². The van der Waals surface area contributed by atoms with Crippen LogP contribution in [0.15, 0.2) is 21.9 Å². The van der Waals surface area contributed by atoms with Crippen molar-refractivity contribution in [1.82, 2.24) is 14.8 Å². The van der Waals surface area contributed by atoms with Gasteiger partial charge in [0.05, 0.1) is 38.7 Å². The van der Waals surface area contributed by atoms with Crippen LogP contribution in [-0.4, -0.2) is 79.4 Å². The SMILES string of the molecule is CCOC(=O)Cc1csc(SCC(=O)N2CCN(Cc3cc(OC)c(OC)cc3C)CC2)n1. The van der Waals surface area contributed by atoms with E-state index in [1.54, 1.807) is 21.1 Å². The van der Waals surface area contributed by atoms with Crippen molar-refractivity contribution in [1.29, 1.82) is 0 Å². The maximum atomic E-state index is 12.7. The molecule has 2 aromatic rings. The molecule has 3 rings (SSSR count). The summed E-state index contributed by atoms with van der Waals surface area (Å²) < 4.78 is 16.6. The first-order valence-corrected chi connectivity index (χ1v) is 12.7. The molecule has 2 heterocycles. The Kier molecular flexibility index (Phi) is 9.40. The zero-order chi connectivity index (χ0) is 23.8. The van der Waals surface area contributed by atoms with E-state index in [2.05, 4.69) is 16.8 Å². The van der Waals surface area contributed by atoms with Crippen LogP contribution in [0, 0.1) is 6.92 Å². The molecule has 33 heavy (non-hydrogen) atoms. The van der Waals surface area contributed by atoms with Crippen molar-refractivity contribution in [2.24, 2.45) is 0 Å². The fraction of sp³-hybridized carbons (Fsp3) is 0.522. The lowest BCUT2D eigenvalue weighted by Crippen LogP contribution is -2.48. The van der Waals surface area contributed by atoms with Crippen LogP contribution in [-0.2, 0) is 27.3 Å². The maximum Gasteiger partial charge on any atom is 0.311 e. The van der Waals surface area contributed by atoms with Crippen molar-refractivity contribution in [3.63, 3.8) is 0 Å². The minimum atomic E-state index is -0.281. The number of piperazine rings is 1. The molecule has 1 amide bonds. The van der Waals surface area contributed by atoms with Gasteiger partial charge in [-0.25, -0.2) is 4.98 Å². The maximum absolute atomic E-state index is 12.7.